The van der Waals surface area contributed by atoms with Crippen LogP contribution in [0.3, 0.4) is 0 Å². The molecule has 0 bridgehead atoms. The first-order chi connectivity index (χ1) is 9.63. The fraction of sp³-hybridized carbons (Fsp3) is 0.600. The van der Waals surface area contributed by atoms with Gasteiger partial charge in [-0.25, -0.2) is 0 Å². The van der Waals surface area contributed by atoms with Gasteiger partial charge in [-0.15, -0.1) is 0 Å². The monoisotopic (exact) mass is 277 g/mol. The molecule has 3 N–H and O–H groups in total. The summed E-state index contributed by atoms with van der Waals surface area (Å²) in [6.07, 6.45) is 1.13. The summed E-state index contributed by atoms with van der Waals surface area (Å²) in [4.78, 5) is 2.37. The average molecular weight is 277 g/mol. The van der Waals surface area contributed by atoms with Gasteiger partial charge in [-0.2, -0.15) is 0 Å². The lowest BCUT2D eigenvalue weighted by Gasteiger charge is -2.36. The summed E-state index contributed by atoms with van der Waals surface area (Å²) in [5.74, 6) is 2.13. The third-order valence-corrected chi connectivity index (χ3v) is 4.16. The first kappa shape index (κ1) is 13.4. The van der Waals surface area contributed by atoms with E-state index in [1.165, 1.54) is 0 Å². The summed E-state index contributed by atoms with van der Waals surface area (Å²) >= 11 is 0. The average Bonchev–Trinajstić information content (AvgIpc) is 2.42. The summed E-state index contributed by atoms with van der Waals surface area (Å²) in [7, 11) is 2.17. The van der Waals surface area contributed by atoms with Gasteiger partial charge in [0, 0.05) is 24.7 Å². The minimum absolute atomic E-state index is 0.455. The van der Waals surface area contributed by atoms with Gasteiger partial charge in [0.25, 0.3) is 0 Å². The van der Waals surface area contributed by atoms with Crippen LogP contribution in [-0.2, 0) is 0 Å². The van der Waals surface area contributed by atoms with Gasteiger partial charge in [-0.1, -0.05) is 6.92 Å². The highest BCUT2D eigenvalue weighted by Gasteiger charge is 2.25. The zero-order valence-electron chi connectivity index (χ0n) is 12.2. The summed E-state index contributed by atoms with van der Waals surface area (Å²) in [5.41, 5.74) is 7.80. The number of hydrogen-bond donors (Lipinski definition) is 2. The molecule has 3 rings (SSSR count). The summed E-state index contributed by atoms with van der Waals surface area (Å²) in [6.45, 7) is 5.70. The minimum Gasteiger partial charge on any atom is -0.486 e. The topological polar surface area (TPSA) is 59.8 Å². The van der Waals surface area contributed by atoms with Gasteiger partial charge in [-0.3, -0.25) is 0 Å². The van der Waals surface area contributed by atoms with Gasteiger partial charge in [0.2, 0.25) is 0 Å². The van der Waals surface area contributed by atoms with Crippen molar-refractivity contribution in [3.8, 4) is 11.5 Å². The molecule has 2 atom stereocenters. The number of anilines is 2. The van der Waals surface area contributed by atoms with E-state index in [1.807, 2.05) is 12.1 Å². The van der Waals surface area contributed by atoms with Crippen molar-refractivity contribution < 1.29 is 9.47 Å². The predicted octanol–water partition coefficient (Wildman–Crippen LogP) is 1.79. The Hall–Kier alpha value is -1.62. The molecule has 1 saturated heterocycles. The van der Waals surface area contributed by atoms with Crippen LogP contribution < -0.4 is 20.5 Å². The van der Waals surface area contributed by atoms with E-state index in [0.29, 0.717) is 25.2 Å². The first-order valence-electron chi connectivity index (χ1n) is 7.27. The smallest absolute Gasteiger partial charge is 0.163 e. The van der Waals surface area contributed by atoms with E-state index in [4.69, 9.17) is 15.2 Å². The summed E-state index contributed by atoms with van der Waals surface area (Å²) in [6, 6.07) is 4.28. The molecule has 0 aliphatic carbocycles. The van der Waals surface area contributed by atoms with Gasteiger partial charge in [0.1, 0.15) is 13.2 Å². The third kappa shape index (κ3) is 2.63. The van der Waals surface area contributed by atoms with Crippen LogP contribution in [0.25, 0.3) is 0 Å². The van der Waals surface area contributed by atoms with E-state index in [1.54, 1.807) is 0 Å². The molecule has 5 nitrogen and oxygen atoms in total. The van der Waals surface area contributed by atoms with Crippen molar-refractivity contribution in [1.82, 2.24) is 4.90 Å². The Morgan fingerprint density at radius 3 is 2.65 bits per heavy atom. The molecule has 1 aromatic carbocycles. The lowest BCUT2D eigenvalue weighted by Crippen LogP contribution is -2.43. The molecular formula is C15H23N3O2. The van der Waals surface area contributed by atoms with Crippen LogP contribution in [0.4, 0.5) is 11.4 Å². The van der Waals surface area contributed by atoms with Gasteiger partial charge in [0.05, 0.1) is 11.4 Å². The number of nitrogens with zero attached hydrogens (tertiary/aromatic N) is 1. The Kier molecular flexibility index (Phi) is 3.61. The fourth-order valence-corrected chi connectivity index (χ4v) is 3.00. The molecule has 2 unspecified atom stereocenters. The van der Waals surface area contributed by atoms with E-state index in [0.717, 1.165) is 42.4 Å². The van der Waals surface area contributed by atoms with Crippen molar-refractivity contribution in [1.29, 1.82) is 0 Å². The molecule has 5 heteroatoms. The molecule has 0 radical (unpaired) electrons. The Bertz CT molecular complexity index is 492. The maximum Gasteiger partial charge on any atom is 0.163 e. The quantitative estimate of drug-likeness (QED) is 0.807. The van der Waals surface area contributed by atoms with Crippen LogP contribution in [0.1, 0.15) is 13.3 Å². The largest absolute Gasteiger partial charge is 0.486 e. The number of likely N-dealkylation sites (tertiary alicyclic amines) is 1. The number of benzene rings is 1. The number of rotatable bonds is 2. The highest BCUT2D eigenvalue weighted by atomic mass is 16.6. The number of ether oxygens (including phenoxy) is 2. The molecule has 0 spiro atoms. The van der Waals surface area contributed by atoms with Crippen molar-refractivity contribution in [2.45, 2.75) is 19.4 Å². The molecule has 2 heterocycles. The van der Waals surface area contributed by atoms with Crippen molar-refractivity contribution in [3.63, 3.8) is 0 Å². The second-order valence-corrected chi connectivity index (χ2v) is 5.86. The highest BCUT2D eigenvalue weighted by Crippen LogP contribution is 2.37. The van der Waals surface area contributed by atoms with Crippen LogP contribution in [0.2, 0.25) is 0 Å². The molecule has 0 aromatic heterocycles. The number of nitrogen functional groups attached to an aromatic ring is 1. The van der Waals surface area contributed by atoms with Gasteiger partial charge < -0.3 is 25.4 Å². The van der Waals surface area contributed by atoms with Crippen LogP contribution in [-0.4, -0.2) is 44.3 Å². The van der Waals surface area contributed by atoms with Crippen LogP contribution in [0, 0.1) is 5.92 Å². The Morgan fingerprint density at radius 1 is 1.25 bits per heavy atom. The number of piperidine rings is 1. The van der Waals surface area contributed by atoms with Gasteiger partial charge in [0.15, 0.2) is 11.5 Å². The minimum atomic E-state index is 0.455. The maximum absolute atomic E-state index is 6.13. The molecule has 2 aliphatic heterocycles. The van der Waals surface area contributed by atoms with E-state index < -0.39 is 0 Å². The van der Waals surface area contributed by atoms with Crippen molar-refractivity contribution in [2.24, 2.45) is 5.92 Å². The molecule has 0 saturated carbocycles. The highest BCUT2D eigenvalue weighted by molar-refractivity contribution is 5.72. The van der Waals surface area contributed by atoms with Gasteiger partial charge >= 0.3 is 0 Å². The SMILES string of the molecule is CC1CN(C)CCC1Nc1cc2c(cc1N)OCCO2. The molecule has 20 heavy (non-hydrogen) atoms. The molecular weight excluding hydrogens is 254 g/mol. The second kappa shape index (κ2) is 5.40. The van der Waals surface area contributed by atoms with Crippen molar-refractivity contribution >= 4 is 11.4 Å². The third-order valence-electron chi connectivity index (χ3n) is 4.16. The standard InChI is InChI=1S/C15H23N3O2/c1-10-9-18(2)4-3-12(10)17-13-8-15-14(7-11(13)16)19-5-6-20-15/h7-8,10,12,17H,3-6,9,16H2,1-2H3. The summed E-state index contributed by atoms with van der Waals surface area (Å²) in [5, 5.41) is 3.58. The number of hydrogen-bond acceptors (Lipinski definition) is 5. The van der Waals surface area contributed by atoms with E-state index in [2.05, 4.69) is 24.2 Å². The summed E-state index contributed by atoms with van der Waals surface area (Å²) < 4.78 is 11.2. The number of nitrogens with one attached hydrogen (secondary N) is 1. The molecule has 1 aromatic rings. The van der Waals surface area contributed by atoms with Crippen molar-refractivity contribution in [2.75, 3.05) is 44.4 Å². The Morgan fingerprint density at radius 2 is 1.95 bits per heavy atom. The second-order valence-electron chi connectivity index (χ2n) is 5.86. The zero-order valence-corrected chi connectivity index (χ0v) is 12.2. The van der Waals surface area contributed by atoms with E-state index >= 15 is 0 Å². The Labute approximate surface area is 120 Å². The van der Waals surface area contributed by atoms with Crippen molar-refractivity contribution in [3.05, 3.63) is 12.1 Å². The molecule has 1 fully saturated rings. The van der Waals surface area contributed by atoms with Crippen LogP contribution >= 0.6 is 0 Å². The zero-order chi connectivity index (χ0) is 14.1. The molecule has 2 aliphatic rings. The van der Waals surface area contributed by atoms with E-state index in [9.17, 15) is 0 Å². The lowest BCUT2D eigenvalue weighted by molar-refractivity contribution is 0.171. The van der Waals surface area contributed by atoms with Gasteiger partial charge in [-0.05, 0) is 25.9 Å². The van der Waals surface area contributed by atoms with Crippen LogP contribution in [0.5, 0.6) is 11.5 Å². The lowest BCUT2D eigenvalue weighted by atomic mass is 9.94. The maximum atomic E-state index is 6.13. The van der Waals surface area contributed by atoms with Crippen LogP contribution in [0.15, 0.2) is 12.1 Å². The Balaban J connectivity index is 1.77. The molecule has 110 valence electrons. The van der Waals surface area contributed by atoms with E-state index in [-0.39, 0.29) is 0 Å². The normalized spacial score (nSPS) is 26.3. The molecule has 0 amide bonds. The number of fused-ring (bicyclic) bond motifs is 1. The first-order valence-corrected chi connectivity index (χ1v) is 7.27. The fourth-order valence-electron chi connectivity index (χ4n) is 3.00. The number of nitrogens with two attached hydrogens (primary N) is 1. The predicted molar refractivity (Wildman–Crippen MR) is 80.5 cm³/mol.